The van der Waals surface area contributed by atoms with Crippen LogP contribution >= 0.6 is 11.8 Å². The first-order valence-corrected chi connectivity index (χ1v) is 15.1. The van der Waals surface area contributed by atoms with E-state index in [1.54, 1.807) is 42.5 Å². The van der Waals surface area contributed by atoms with Crippen molar-refractivity contribution in [1.29, 1.82) is 0 Å². The molecule has 2 N–H and O–H groups in total. The molecular weight excluding hydrogens is 599 g/mol. The predicted molar refractivity (Wildman–Crippen MR) is 155 cm³/mol. The number of hydrogen-bond donors (Lipinski definition) is 2. The van der Waals surface area contributed by atoms with Gasteiger partial charge in [0.25, 0.3) is 5.03 Å². The molecule has 1 aromatic heterocycles. The summed E-state index contributed by atoms with van der Waals surface area (Å²) in [4.78, 5) is 25.4. The molecule has 2 aromatic carbocycles. The fraction of sp³-hybridized carbons (Fsp3) is 0.387. The van der Waals surface area contributed by atoms with Gasteiger partial charge in [-0.3, -0.25) is 9.59 Å². The third-order valence-corrected chi connectivity index (χ3v) is 8.90. The Bertz CT molecular complexity index is 1470. The number of hydrogen-bond acceptors (Lipinski definition) is 7. The van der Waals surface area contributed by atoms with E-state index in [2.05, 4.69) is 5.32 Å². The van der Waals surface area contributed by atoms with Crippen molar-refractivity contribution in [3.8, 4) is 0 Å². The summed E-state index contributed by atoms with van der Waals surface area (Å²) in [5.74, 6) is -2.42. The highest BCUT2D eigenvalue weighted by molar-refractivity contribution is 7.99. The quantitative estimate of drug-likeness (QED) is 0.207. The van der Waals surface area contributed by atoms with Gasteiger partial charge in [-0.15, -0.1) is 0 Å². The molecule has 2 amide bonds. The van der Waals surface area contributed by atoms with Crippen molar-refractivity contribution < 1.29 is 42.1 Å². The minimum atomic E-state index is -5.06. The molecule has 5 rings (SSSR count). The summed E-state index contributed by atoms with van der Waals surface area (Å²) in [5, 5.41) is 24.9. The first-order chi connectivity index (χ1) is 21.0. The summed E-state index contributed by atoms with van der Waals surface area (Å²) in [6.45, 7) is 1.75. The molecule has 2 fully saturated rings. The summed E-state index contributed by atoms with van der Waals surface area (Å²) < 4.78 is 52.8. The van der Waals surface area contributed by atoms with Crippen LogP contribution in [0.1, 0.15) is 48.8 Å². The van der Waals surface area contributed by atoms with Crippen LogP contribution in [0, 0.1) is 11.1 Å². The number of anilines is 1. The Morgan fingerprint density at radius 2 is 1.86 bits per heavy atom. The predicted octanol–water partition coefficient (Wildman–Crippen LogP) is 4.89. The Hall–Kier alpha value is -3.65. The number of aromatic nitrogens is 1. The average molecular weight is 632 g/mol. The molecule has 3 aromatic rings. The van der Waals surface area contributed by atoms with E-state index in [0.717, 1.165) is 15.9 Å². The van der Waals surface area contributed by atoms with Gasteiger partial charge in [-0.25, -0.2) is 0 Å². The van der Waals surface area contributed by atoms with E-state index in [4.69, 9.17) is 9.47 Å². The van der Waals surface area contributed by atoms with Gasteiger partial charge in [-0.05, 0) is 42.2 Å². The van der Waals surface area contributed by atoms with Gasteiger partial charge in [-0.1, -0.05) is 55.1 Å². The monoisotopic (exact) mass is 631 g/mol. The fourth-order valence-electron chi connectivity index (χ4n) is 5.44. The fourth-order valence-corrected chi connectivity index (χ4v) is 6.52. The number of likely N-dealkylation sites (tertiary alicyclic amines) is 1. The molecule has 0 saturated carbocycles. The number of pyridine rings is 1. The highest BCUT2D eigenvalue weighted by Crippen LogP contribution is 2.43. The number of benzene rings is 2. The first kappa shape index (κ1) is 31.8. The minimum Gasteiger partial charge on any atom is -0.618 e. The molecule has 0 spiro atoms. The van der Waals surface area contributed by atoms with Crippen LogP contribution in [0.4, 0.5) is 18.9 Å². The molecule has 234 valence electrons. The van der Waals surface area contributed by atoms with Crippen LogP contribution in [0.5, 0.6) is 0 Å². The van der Waals surface area contributed by atoms with E-state index in [1.165, 1.54) is 18.0 Å². The van der Waals surface area contributed by atoms with Gasteiger partial charge in [0.2, 0.25) is 5.91 Å². The lowest BCUT2D eigenvalue weighted by Crippen LogP contribution is -2.48. The van der Waals surface area contributed by atoms with Crippen molar-refractivity contribution in [2.24, 2.45) is 5.92 Å². The number of aliphatic hydroxyl groups excluding tert-OH is 1. The van der Waals surface area contributed by atoms with Crippen LogP contribution in [-0.4, -0.2) is 52.4 Å². The van der Waals surface area contributed by atoms with Crippen LogP contribution in [0.3, 0.4) is 0 Å². The Balaban J connectivity index is 1.36. The topological polar surface area (TPSA) is 115 Å². The van der Waals surface area contributed by atoms with E-state index < -0.39 is 36.4 Å². The molecule has 0 radical (unpaired) electrons. The number of carbonyl (C=O) groups excluding carboxylic acids is 2. The van der Waals surface area contributed by atoms with Crippen LogP contribution in [0.25, 0.3) is 0 Å². The number of alkyl halides is 3. The van der Waals surface area contributed by atoms with Crippen molar-refractivity contribution in [3.05, 3.63) is 94.8 Å². The van der Waals surface area contributed by atoms with Crippen LogP contribution in [0.2, 0.25) is 0 Å². The normalized spacial score (nSPS) is 23.8. The standard InChI is InChI=1S/C31H32F3N3O6S/c1-19-25(18-44-26-9-2-3-15-37(26)41)42-29(43-27(19)21-12-10-20(17-38)11-13-21)22-6-4-7-23(16-22)35-28(39)24-8-5-14-36(24)30(40)31(32,33)34/h2-4,6-7,9-13,15-16,19,24-25,27,29,38H,5,8,14,17-18H2,1H3,(H,35,39). The smallest absolute Gasteiger partial charge is 0.471 e. The maximum Gasteiger partial charge on any atom is 0.471 e. The molecule has 44 heavy (non-hydrogen) atoms. The summed E-state index contributed by atoms with van der Waals surface area (Å²) in [7, 11) is 0. The molecule has 2 aliphatic rings. The molecule has 9 nitrogen and oxygen atoms in total. The van der Waals surface area contributed by atoms with Gasteiger partial charge in [0.1, 0.15) is 6.04 Å². The van der Waals surface area contributed by atoms with Crippen molar-refractivity contribution in [2.45, 2.75) is 62.1 Å². The summed E-state index contributed by atoms with van der Waals surface area (Å²) >= 11 is 1.36. The van der Waals surface area contributed by atoms with Crippen LogP contribution in [-0.2, 0) is 25.7 Å². The lowest BCUT2D eigenvalue weighted by atomic mass is 9.91. The number of aliphatic hydroxyl groups is 1. The van der Waals surface area contributed by atoms with E-state index in [0.29, 0.717) is 26.9 Å². The van der Waals surface area contributed by atoms with Gasteiger partial charge in [-0.2, -0.15) is 17.9 Å². The number of ether oxygens (including phenoxy) is 2. The van der Waals surface area contributed by atoms with Gasteiger partial charge in [0.15, 0.2) is 12.5 Å². The van der Waals surface area contributed by atoms with Gasteiger partial charge in [0.05, 0.1) is 18.8 Å². The van der Waals surface area contributed by atoms with Crippen LogP contribution in [0.15, 0.2) is 78.0 Å². The molecule has 3 heterocycles. The zero-order valence-corrected chi connectivity index (χ0v) is 24.6. The number of amides is 2. The number of carbonyl (C=O) groups is 2. The summed E-state index contributed by atoms with van der Waals surface area (Å²) in [5.41, 5.74) is 2.50. The zero-order chi connectivity index (χ0) is 31.4. The van der Waals surface area contributed by atoms with E-state index in [1.807, 2.05) is 31.2 Å². The zero-order valence-electron chi connectivity index (χ0n) is 23.8. The van der Waals surface area contributed by atoms with Gasteiger partial charge < -0.3 is 30.0 Å². The summed E-state index contributed by atoms with van der Waals surface area (Å²) in [6, 6.07) is 18.0. The number of halogens is 3. The van der Waals surface area contributed by atoms with Crippen molar-refractivity contribution in [1.82, 2.24) is 4.90 Å². The van der Waals surface area contributed by atoms with Crippen molar-refractivity contribution in [3.63, 3.8) is 0 Å². The number of rotatable bonds is 8. The molecule has 0 bridgehead atoms. The van der Waals surface area contributed by atoms with Gasteiger partial charge in [0, 0.05) is 41.6 Å². The lowest BCUT2D eigenvalue weighted by molar-refractivity contribution is -0.645. The molecule has 5 unspecified atom stereocenters. The average Bonchev–Trinajstić information content (AvgIpc) is 3.51. The Kier molecular flexibility index (Phi) is 9.78. The lowest BCUT2D eigenvalue weighted by Gasteiger charge is -2.41. The Morgan fingerprint density at radius 3 is 2.57 bits per heavy atom. The number of nitrogens with one attached hydrogen (secondary N) is 1. The highest BCUT2D eigenvalue weighted by atomic mass is 32.2. The first-order valence-electron chi connectivity index (χ1n) is 14.2. The minimum absolute atomic E-state index is 0.0971. The third kappa shape index (κ3) is 7.17. The number of nitrogens with zero attached hydrogens (tertiary/aromatic N) is 2. The SMILES string of the molecule is CC1C(CSc2cccc[n+]2[O-])OC(c2cccc(NC(=O)C3CCCN3C(=O)C(F)(F)F)c2)OC1c1ccc(CO)cc1. The van der Waals surface area contributed by atoms with Crippen molar-refractivity contribution in [2.75, 3.05) is 17.6 Å². The van der Waals surface area contributed by atoms with E-state index in [9.17, 15) is 33.1 Å². The van der Waals surface area contributed by atoms with Gasteiger partial charge >= 0.3 is 12.1 Å². The molecule has 13 heteroatoms. The summed E-state index contributed by atoms with van der Waals surface area (Å²) in [6.07, 6.45) is -4.87. The maximum atomic E-state index is 13.1. The highest BCUT2D eigenvalue weighted by Gasteiger charge is 2.47. The molecule has 5 atom stereocenters. The maximum absolute atomic E-state index is 13.1. The Morgan fingerprint density at radius 1 is 1.09 bits per heavy atom. The second-order valence-electron chi connectivity index (χ2n) is 10.8. The Labute approximate surface area is 256 Å². The molecular formula is C31H32F3N3O6S. The second kappa shape index (κ2) is 13.6. The molecule has 2 aliphatic heterocycles. The largest absolute Gasteiger partial charge is 0.618 e. The molecule has 2 saturated heterocycles. The van der Waals surface area contributed by atoms with Crippen molar-refractivity contribution >= 4 is 29.3 Å². The number of thioether (sulfide) groups is 1. The molecule has 0 aliphatic carbocycles. The van der Waals surface area contributed by atoms with Crippen LogP contribution < -0.4 is 10.0 Å². The van der Waals surface area contributed by atoms with E-state index >= 15 is 0 Å². The van der Waals surface area contributed by atoms with E-state index in [-0.39, 0.29) is 38.0 Å². The third-order valence-electron chi connectivity index (χ3n) is 7.79. The second-order valence-corrected chi connectivity index (χ2v) is 11.8.